The fourth-order valence-electron chi connectivity index (χ4n) is 3.93. The third-order valence-corrected chi connectivity index (χ3v) is 5.27. The van der Waals surface area contributed by atoms with E-state index in [0.29, 0.717) is 34.9 Å². The summed E-state index contributed by atoms with van der Waals surface area (Å²) in [5.74, 6) is 1.02. The molecule has 0 amide bonds. The number of nitrogens with zero attached hydrogens (tertiary/aromatic N) is 1. The minimum absolute atomic E-state index is 0.0552. The Balaban J connectivity index is 1.80. The normalized spacial score (nSPS) is 26.1. The zero-order chi connectivity index (χ0) is 17.3. The quantitative estimate of drug-likeness (QED) is 0.771. The van der Waals surface area contributed by atoms with Crippen LogP contribution in [0.1, 0.15) is 36.0 Å². The molecule has 2 aliphatic rings. The SMILES string of the molecule is COc1cc(C(=O)O[C@@H]2CCC3CCC2N3C)cc(OC)c1OC. The van der Waals surface area contributed by atoms with Gasteiger partial charge >= 0.3 is 5.97 Å². The van der Waals surface area contributed by atoms with Gasteiger partial charge in [0.05, 0.1) is 26.9 Å². The molecule has 6 heteroatoms. The highest BCUT2D eigenvalue weighted by atomic mass is 16.5. The van der Waals surface area contributed by atoms with Crippen molar-refractivity contribution in [2.24, 2.45) is 0 Å². The van der Waals surface area contributed by atoms with E-state index >= 15 is 0 Å². The predicted octanol–water partition coefficient (Wildman–Crippen LogP) is 2.49. The van der Waals surface area contributed by atoms with Gasteiger partial charge in [0.2, 0.25) is 5.75 Å². The van der Waals surface area contributed by atoms with Crippen LogP contribution in [0, 0.1) is 0 Å². The molecule has 0 spiro atoms. The van der Waals surface area contributed by atoms with E-state index in [1.165, 1.54) is 27.8 Å². The summed E-state index contributed by atoms with van der Waals surface area (Å²) in [6.45, 7) is 0. The Hall–Kier alpha value is -1.95. The second-order valence-electron chi connectivity index (χ2n) is 6.40. The Kier molecular flexibility index (Phi) is 4.85. The highest BCUT2D eigenvalue weighted by molar-refractivity contribution is 5.91. The predicted molar refractivity (Wildman–Crippen MR) is 89.1 cm³/mol. The van der Waals surface area contributed by atoms with Crippen LogP contribution in [0.4, 0.5) is 0 Å². The van der Waals surface area contributed by atoms with Gasteiger partial charge in [-0.2, -0.15) is 0 Å². The summed E-state index contributed by atoms with van der Waals surface area (Å²) in [7, 11) is 6.72. The van der Waals surface area contributed by atoms with E-state index in [2.05, 4.69) is 11.9 Å². The van der Waals surface area contributed by atoms with E-state index in [1.807, 2.05) is 0 Å². The van der Waals surface area contributed by atoms with Gasteiger partial charge in [0.1, 0.15) is 6.10 Å². The van der Waals surface area contributed by atoms with Crippen LogP contribution in [0.3, 0.4) is 0 Å². The first-order chi connectivity index (χ1) is 11.6. The van der Waals surface area contributed by atoms with Gasteiger partial charge in [0.15, 0.2) is 11.5 Å². The van der Waals surface area contributed by atoms with E-state index in [4.69, 9.17) is 18.9 Å². The number of carbonyl (C=O) groups excluding carboxylic acids is 1. The van der Waals surface area contributed by atoms with Crippen LogP contribution in [0.5, 0.6) is 17.2 Å². The van der Waals surface area contributed by atoms with Crippen molar-refractivity contribution >= 4 is 5.97 Å². The molecule has 0 aromatic heterocycles. The molecule has 0 N–H and O–H groups in total. The Morgan fingerprint density at radius 2 is 1.62 bits per heavy atom. The summed E-state index contributed by atoms with van der Waals surface area (Å²) < 4.78 is 21.7. The maximum absolute atomic E-state index is 12.6. The lowest BCUT2D eigenvalue weighted by molar-refractivity contribution is -0.0130. The van der Waals surface area contributed by atoms with Crippen molar-refractivity contribution < 1.29 is 23.7 Å². The molecule has 0 aliphatic carbocycles. The highest BCUT2D eigenvalue weighted by Crippen LogP contribution is 2.39. The number of carbonyl (C=O) groups is 1. The van der Waals surface area contributed by atoms with Crippen LogP contribution < -0.4 is 14.2 Å². The first-order valence-electron chi connectivity index (χ1n) is 8.32. The van der Waals surface area contributed by atoms with Gasteiger partial charge in [-0.05, 0) is 44.9 Å². The molecule has 1 aromatic rings. The molecule has 3 atom stereocenters. The summed E-state index contributed by atoms with van der Waals surface area (Å²) in [5, 5.41) is 0. The lowest BCUT2D eigenvalue weighted by atomic mass is 10.0. The van der Waals surface area contributed by atoms with Crippen LogP contribution in [0.15, 0.2) is 12.1 Å². The number of esters is 1. The second-order valence-corrected chi connectivity index (χ2v) is 6.40. The molecule has 2 fully saturated rings. The fourth-order valence-corrected chi connectivity index (χ4v) is 3.93. The van der Waals surface area contributed by atoms with E-state index in [-0.39, 0.29) is 12.1 Å². The third-order valence-electron chi connectivity index (χ3n) is 5.27. The average molecular weight is 335 g/mol. The number of methoxy groups -OCH3 is 3. The maximum Gasteiger partial charge on any atom is 0.338 e. The zero-order valence-corrected chi connectivity index (χ0v) is 14.7. The van der Waals surface area contributed by atoms with Gasteiger partial charge in [-0.1, -0.05) is 0 Å². The number of likely N-dealkylation sites (N-methyl/N-ethyl adjacent to an activating group) is 1. The lowest BCUT2D eigenvalue weighted by Gasteiger charge is -2.36. The molecule has 0 saturated carbocycles. The molecular weight excluding hydrogens is 310 g/mol. The number of benzene rings is 1. The average Bonchev–Trinajstić information content (AvgIpc) is 2.83. The van der Waals surface area contributed by atoms with E-state index in [9.17, 15) is 4.79 Å². The molecule has 0 radical (unpaired) electrons. The van der Waals surface area contributed by atoms with Crippen LogP contribution in [0.2, 0.25) is 0 Å². The van der Waals surface area contributed by atoms with Crippen molar-refractivity contribution in [2.75, 3.05) is 28.4 Å². The lowest BCUT2D eigenvalue weighted by Crippen LogP contribution is -2.46. The summed E-state index contributed by atoms with van der Waals surface area (Å²) in [4.78, 5) is 15.0. The molecule has 2 unspecified atom stereocenters. The van der Waals surface area contributed by atoms with Gasteiger partial charge in [0, 0.05) is 12.1 Å². The first kappa shape index (κ1) is 16.9. The van der Waals surface area contributed by atoms with E-state index in [1.54, 1.807) is 12.1 Å². The minimum Gasteiger partial charge on any atom is -0.493 e. The van der Waals surface area contributed by atoms with Gasteiger partial charge < -0.3 is 18.9 Å². The summed E-state index contributed by atoms with van der Waals surface area (Å²) >= 11 is 0. The zero-order valence-electron chi connectivity index (χ0n) is 14.7. The number of ether oxygens (including phenoxy) is 4. The molecule has 2 saturated heterocycles. The van der Waals surface area contributed by atoms with Gasteiger partial charge in [0.25, 0.3) is 0 Å². The van der Waals surface area contributed by atoms with Gasteiger partial charge in [-0.25, -0.2) is 4.79 Å². The molecule has 132 valence electrons. The molecule has 6 nitrogen and oxygen atoms in total. The van der Waals surface area contributed by atoms with Crippen molar-refractivity contribution in [3.05, 3.63) is 17.7 Å². The Morgan fingerprint density at radius 3 is 2.21 bits per heavy atom. The van der Waals surface area contributed by atoms with Crippen molar-refractivity contribution in [1.82, 2.24) is 4.90 Å². The Morgan fingerprint density at radius 1 is 1.00 bits per heavy atom. The number of rotatable bonds is 5. The molecule has 2 heterocycles. The van der Waals surface area contributed by atoms with Crippen molar-refractivity contribution in [3.8, 4) is 17.2 Å². The Labute approximate surface area is 142 Å². The Bertz CT molecular complexity index is 592. The van der Waals surface area contributed by atoms with E-state index < -0.39 is 0 Å². The fraction of sp³-hybridized carbons (Fsp3) is 0.611. The molecule has 24 heavy (non-hydrogen) atoms. The molecule has 1 aromatic carbocycles. The largest absolute Gasteiger partial charge is 0.493 e. The topological polar surface area (TPSA) is 57.2 Å². The van der Waals surface area contributed by atoms with Crippen LogP contribution in [-0.4, -0.2) is 57.4 Å². The number of hydrogen-bond acceptors (Lipinski definition) is 6. The standard InChI is InChI=1S/C18H25NO5/c1-19-12-5-7-13(19)14(8-6-12)24-18(20)11-9-15(21-2)17(23-4)16(10-11)22-3/h9-10,12-14H,5-8H2,1-4H3/t12?,13?,14-/m1/s1. The highest BCUT2D eigenvalue weighted by Gasteiger charge is 2.42. The molecule has 3 rings (SSSR count). The smallest absolute Gasteiger partial charge is 0.338 e. The summed E-state index contributed by atoms with van der Waals surface area (Å²) in [6.07, 6.45) is 4.24. The maximum atomic E-state index is 12.6. The van der Waals surface area contributed by atoms with Crippen LogP contribution in [-0.2, 0) is 4.74 Å². The summed E-state index contributed by atoms with van der Waals surface area (Å²) in [5.41, 5.74) is 0.410. The third kappa shape index (κ3) is 2.90. The minimum atomic E-state index is -0.349. The van der Waals surface area contributed by atoms with Crippen molar-refractivity contribution in [1.29, 1.82) is 0 Å². The van der Waals surface area contributed by atoms with Gasteiger partial charge in [-0.15, -0.1) is 0 Å². The van der Waals surface area contributed by atoms with E-state index in [0.717, 1.165) is 19.3 Å². The second kappa shape index (κ2) is 6.89. The monoisotopic (exact) mass is 335 g/mol. The summed E-state index contributed by atoms with van der Waals surface area (Å²) in [6, 6.07) is 4.24. The van der Waals surface area contributed by atoms with Crippen LogP contribution >= 0.6 is 0 Å². The molecule has 2 aliphatic heterocycles. The molecular formula is C18H25NO5. The van der Waals surface area contributed by atoms with Crippen LogP contribution in [0.25, 0.3) is 0 Å². The molecule has 2 bridgehead atoms. The van der Waals surface area contributed by atoms with Crippen molar-refractivity contribution in [3.63, 3.8) is 0 Å². The number of piperidine rings is 1. The van der Waals surface area contributed by atoms with Crippen molar-refractivity contribution in [2.45, 2.75) is 43.9 Å². The number of hydrogen-bond donors (Lipinski definition) is 0. The van der Waals surface area contributed by atoms with Gasteiger partial charge in [-0.3, -0.25) is 4.90 Å². The first-order valence-corrected chi connectivity index (χ1v) is 8.32. The number of fused-ring (bicyclic) bond motifs is 2.